The van der Waals surface area contributed by atoms with Gasteiger partial charge in [0.05, 0.1) is 18.6 Å². The van der Waals surface area contributed by atoms with Crippen LogP contribution in [0.1, 0.15) is 11.3 Å². The zero-order chi connectivity index (χ0) is 19.0. The van der Waals surface area contributed by atoms with Crippen LogP contribution in [0.5, 0.6) is 0 Å². The Morgan fingerprint density at radius 2 is 1.74 bits per heavy atom. The molecule has 9 heteroatoms. The molecule has 4 aromatic rings. The third-order valence-corrected chi connectivity index (χ3v) is 3.90. The number of hydrogen-bond donors (Lipinski definition) is 1. The van der Waals surface area contributed by atoms with Crippen LogP contribution in [0, 0.1) is 6.92 Å². The lowest BCUT2D eigenvalue weighted by atomic mass is 10.2. The summed E-state index contributed by atoms with van der Waals surface area (Å²) in [5, 5.41) is 3.04. The van der Waals surface area contributed by atoms with E-state index in [0.29, 0.717) is 5.82 Å². The van der Waals surface area contributed by atoms with Gasteiger partial charge in [0.15, 0.2) is 11.3 Å². The number of aryl methyl sites for hydroxylation is 1. The predicted octanol–water partition coefficient (Wildman–Crippen LogP) is 4.26. The number of fused-ring (bicyclic) bond motifs is 1. The Balaban J connectivity index is 1.81. The highest BCUT2D eigenvalue weighted by molar-refractivity contribution is 5.66. The molecule has 27 heavy (non-hydrogen) atoms. The van der Waals surface area contributed by atoms with Gasteiger partial charge in [-0.15, -0.1) is 0 Å². The Bertz CT molecular complexity index is 1100. The maximum absolute atomic E-state index is 13.5. The van der Waals surface area contributed by atoms with Crippen molar-refractivity contribution in [2.75, 3.05) is 5.32 Å². The smallest absolute Gasteiger partial charge is 0.339 e. The van der Waals surface area contributed by atoms with E-state index in [1.807, 2.05) is 31.2 Å². The highest BCUT2D eigenvalue weighted by Gasteiger charge is 2.38. The Hall–Kier alpha value is -3.49. The average Bonchev–Trinajstić information content (AvgIpc) is 3.04. The predicted molar refractivity (Wildman–Crippen MR) is 93.5 cm³/mol. The number of benzene rings is 1. The molecule has 0 radical (unpaired) electrons. The Kier molecular flexibility index (Phi) is 3.98. The van der Waals surface area contributed by atoms with Gasteiger partial charge >= 0.3 is 6.18 Å². The van der Waals surface area contributed by atoms with Crippen molar-refractivity contribution in [3.8, 4) is 11.4 Å². The number of hydrogen-bond acceptors (Lipinski definition) is 5. The van der Waals surface area contributed by atoms with Gasteiger partial charge in [-0.25, -0.2) is 9.97 Å². The second-order valence-electron chi connectivity index (χ2n) is 5.89. The maximum Gasteiger partial charge on any atom is 0.435 e. The standard InChI is InChI=1S/C18H13F3N6/c1-11-2-4-12(5-3-11)24-14-9-23-8-13(25-14)16-17(18(19,20)21)26-15-10-22-6-7-27(15)16/h2-10H,1H3,(H,24,25). The second-order valence-corrected chi connectivity index (χ2v) is 5.89. The zero-order valence-corrected chi connectivity index (χ0v) is 14.1. The minimum atomic E-state index is -4.64. The van der Waals surface area contributed by atoms with Crippen LogP contribution in [0.3, 0.4) is 0 Å². The highest BCUT2D eigenvalue weighted by atomic mass is 19.4. The summed E-state index contributed by atoms with van der Waals surface area (Å²) in [5.74, 6) is 0.327. The molecule has 0 fully saturated rings. The number of aromatic nitrogens is 5. The van der Waals surface area contributed by atoms with E-state index in [1.165, 1.54) is 35.4 Å². The molecule has 0 atom stereocenters. The van der Waals surface area contributed by atoms with Gasteiger partial charge in [0.1, 0.15) is 17.2 Å². The third-order valence-electron chi connectivity index (χ3n) is 3.90. The fraction of sp³-hybridized carbons (Fsp3) is 0.111. The first-order valence-electron chi connectivity index (χ1n) is 7.97. The van der Waals surface area contributed by atoms with Crippen molar-refractivity contribution in [2.45, 2.75) is 13.1 Å². The number of rotatable bonds is 3. The molecule has 1 N–H and O–H groups in total. The molecule has 0 saturated carbocycles. The molecule has 6 nitrogen and oxygen atoms in total. The summed E-state index contributed by atoms with van der Waals surface area (Å²) in [5.41, 5.74) is 0.772. The van der Waals surface area contributed by atoms with Crippen LogP contribution in [0.25, 0.3) is 17.0 Å². The summed E-state index contributed by atoms with van der Waals surface area (Å²) in [6.45, 7) is 1.96. The molecule has 3 heterocycles. The molecule has 0 saturated heterocycles. The molecule has 0 unspecified atom stereocenters. The van der Waals surface area contributed by atoms with Crippen LogP contribution in [0.4, 0.5) is 24.7 Å². The third kappa shape index (κ3) is 3.31. The Morgan fingerprint density at radius 1 is 0.963 bits per heavy atom. The van der Waals surface area contributed by atoms with Crippen molar-refractivity contribution in [2.24, 2.45) is 0 Å². The lowest BCUT2D eigenvalue weighted by Gasteiger charge is -2.10. The van der Waals surface area contributed by atoms with Crippen molar-refractivity contribution in [1.82, 2.24) is 24.3 Å². The van der Waals surface area contributed by atoms with Crippen molar-refractivity contribution in [3.05, 3.63) is 66.5 Å². The zero-order valence-electron chi connectivity index (χ0n) is 14.1. The summed E-state index contributed by atoms with van der Waals surface area (Å²) in [7, 11) is 0. The van der Waals surface area contributed by atoms with E-state index >= 15 is 0 Å². The molecule has 1 aromatic carbocycles. The first kappa shape index (κ1) is 17.0. The average molecular weight is 370 g/mol. The maximum atomic E-state index is 13.5. The van der Waals surface area contributed by atoms with Gasteiger partial charge in [-0.3, -0.25) is 14.4 Å². The van der Waals surface area contributed by atoms with Gasteiger partial charge in [0.25, 0.3) is 0 Å². The van der Waals surface area contributed by atoms with E-state index in [9.17, 15) is 13.2 Å². The molecule has 0 aliphatic carbocycles. The van der Waals surface area contributed by atoms with Crippen molar-refractivity contribution < 1.29 is 13.2 Å². The van der Waals surface area contributed by atoms with Gasteiger partial charge in [-0.05, 0) is 19.1 Å². The highest BCUT2D eigenvalue weighted by Crippen LogP contribution is 2.36. The summed E-state index contributed by atoms with van der Waals surface area (Å²) >= 11 is 0. The van der Waals surface area contributed by atoms with Crippen molar-refractivity contribution >= 4 is 17.2 Å². The lowest BCUT2D eigenvalue weighted by molar-refractivity contribution is -0.140. The van der Waals surface area contributed by atoms with E-state index in [0.717, 1.165) is 11.3 Å². The molecule has 0 bridgehead atoms. The fourth-order valence-electron chi connectivity index (χ4n) is 2.67. The first-order chi connectivity index (χ1) is 12.9. The largest absolute Gasteiger partial charge is 0.435 e. The number of halogens is 3. The van der Waals surface area contributed by atoms with Gasteiger partial charge < -0.3 is 5.32 Å². The summed E-state index contributed by atoms with van der Waals surface area (Å²) in [6, 6.07) is 7.53. The second kappa shape index (κ2) is 6.35. The molecular formula is C18H13F3N6. The van der Waals surface area contributed by atoms with Gasteiger partial charge in [0, 0.05) is 18.1 Å². The Morgan fingerprint density at radius 3 is 2.48 bits per heavy atom. The van der Waals surface area contributed by atoms with Gasteiger partial charge in [0.2, 0.25) is 0 Å². The normalized spacial score (nSPS) is 11.7. The van der Waals surface area contributed by atoms with Crippen LogP contribution in [-0.4, -0.2) is 24.3 Å². The minimum absolute atomic E-state index is 0.0538. The molecule has 0 aliphatic rings. The number of alkyl halides is 3. The van der Waals surface area contributed by atoms with Crippen LogP contribution in [-0.2, 0) is 6.18 Å². The van der Waals surface area contributed by atoms with Crippen molar-refractivity contribution in [3.63, 3.8) is 0 Å². The fourth-order valence-corrected chi connectivity index (χ4v) is 2.67. The molecule has 3 aromatic heterocycles. The number of imidazole rings is 1. The Labute approximate surface area is 151 Å². The van der Waals surface area contributed by atoms with Crippen LogP contribution >= 0.6 is 0 Å². The van der Waals surface area contributed by atoms with Gasteiger partial charge in [-0.1, -0.05) is 17.7 Å². The van der Waals surface area contributed by atoms with Crippen LogP contribution in [0.15, 0.2) is 55.2 Å². The summed E-state index contributed by atoms with van der Waals surface area (Å²) in [6.07, 6.45) is 2.15. The van der Waals surface area contributed by atoms with E-state index in [4.69, 9.17) is 0 Å². The number of anilines is 2. The van der Waals surface area contributed by atoms with E-state index < -0.39 is 11.9 Å². The van der Waals surface area contributed by atoms with E-state index in [2.05, 4.69) is 25.3 Å². The van der Waals surface area contributed by atoms with Crippen molar-refractivity contribution in [1.29, 1.82) is 0 Å². The molecule has 4 rings (SSSR count). The number of nitrogens with zero attached hydrogens (tertiary/aromatic N) is 5. The molecular weight excluding hydrogens is 357 g/mol. The van der Waals surface area contributed by atoms with Gasteiger partial charge in [-0.2, -0.15) is 13.2 Å². The molecule has 0 aliphatic heterocycles. The quantitative estimate of drug-likeness (QED) is 0.584. The first-order valence-corrected chi connectivity index (χ1v) is 7.97. The summed E-state index contributed by atoms with van der Waals surface area (Å²) in [4.78, 5) is 15.8. The topological polar surface area (TPSA) is 68.0 Å². The minimum Gasteiger partial charge on any atom is -0.339 e. The SMILES string of the molecule is Cc1ccc(Nc2cncc(-c3c(C(F)(F)F)nc4cnccn34)n2)cc1. The molecule has 136 valence electrons. The molecule has 0 spiro atoms. The summed E-state index contributed by atoms with van der Waals surface area (Å²) < 4.78 is 41.8. The van der Waals surface area contributed by atoms with Crippen LogP contribution < -0.4 is 5.32 Å². The monoisotopic (exact) mass is 370 g/mol. The van der Waals surface area contributed by atoms with Crippen LogP contribution in [0.2, 0.25) is 0 Å². The van der Waals surface area contributed by atoms with E-state index in [-0.39, 0.29) is 17.0 Å². The lowest BCUT2D eigenvalue weighted by Crippen LogP contribution is -2.09. The molecule has 0 amide bonds. The van der Waals surface area contributed by atoms with E-state index in [1.54, 1.807) is 0 Å². The number of nitrogens with one attached hydrogen (secondary N) is 1.